The second kappa shape index (κ2) is 9.52. The molecule has 2 aromatic carbocycles. The summed E-state index contributed by atoms with van der Waals surface area (Å²) < 4.78 is 0. The fourth-order valence-electron chi connectivity index (χ4n) is 2.98. The largest absolute Gasteiger partial charge is 0.481 e. The zero-order valence-corrected chi connectivity index (χ0v) is 14.9. The van der Waals surface area contributed by atoms with E-state index < -0.39 is 23.4 Å². The molecule has 6 heteroatoms. The molecule has 3 N–H and O–H groups in total. The van der Waals surface area contributed by atoms with Crippen molar-refractivity contribution in [2.45, 2.75) is 37.6 Å². The Labute approximate surface area is 157 Å². The van der Waals surface area contributed by atoms with E-state index in [9.17, 15) is 19.5 Å². The zero-order valence-electron chi connectivity index (χ0n) is 14.9. The molecule has 0 bridgehead atoms. The average Bonchev–Trinajstić information content (AvgIpc) is 2.67. The molecule has 0 radical (unpaired) electrons. The quantitative estimate of drug-likeness (QED) is 0.557. The zero-order chi connectivity index (χ0) is 19.7. The minimum atomic E-state index is -1.57. The van der Waals surface area contributed by atoms with Gasteiger partial charge < -0.3 is 15.5 Å². The molecule has 0 heterocycles. The molecule has 0 fully saturated rings. The predicted molar refractivity (Wildman–Crippen MR) is 100 cm³/mol. The lowest BCUT2D eigenvalue weighted by Gasteiger charge is -2.31. The maximum Gasteiger partial charge on any atom is 0.334 e. The smallest absolute Gasteiger partial charge is 0.334 e. The first-order chi connectivity index (χ1) is 13.0. The number of hydrogen-bond donors (Lipinski definition) is 3. The summed E-state index contributed by atoms with van der Waals surface area (Å²) in [6.45, 7) is 0. The molecule has 0 saturated carbocycles. The number of carbonyl (C=O) groups is 3. The van der Waals surface area contributed by atoms with Crippen LogP contribution in [0.1, 0.15) is 48.0 Å². The van der Waals surface area contributed by atoms with Gasteiger partial charge in [0.2, 0.25) is 0 Å². The van der Waals surface area contributed by atoms with E-state index in [1.54, 1.807) is 60.7 Å². The van der Waals surface area contributed by atoms with Crippen molar-refractivity contribution in [2.24, 2.45) is 0 Å². The Hall–Kier alpha value is -3.15. The van der Waals surface area contributed by atoms with Gasteiger partial charge in [-0.15, -0.1) is 0 Å². The van der Waals surface area contributed by atoms with Gasteiger partial charge in [-0.3, -0.25) is 9.59 Å². The fourth-order valence-corrected chi connectivity index (χ4v) is 2.98. The van der Waals surface area contributed by atoms with Gasteiger partial charge in [0.15, 0.2) is 5.54 Å². The van der Waals surface area contributed by atoms with Gasteiger partial charge >= 0.3 is 11.9 Å². The van der Waals surface area contributed by atoms with Crippen LogP contribution in [-0.4, -0.2) is 28.1 Å². The Morgan fingerprint density at radius 2 is 1.41 bits per heavy atom. The number of hydrogen-bond acceptors (Lipinski definition) is 3. The van der Waals surface area contributed by atoms with Crippen molar-refractivity contribution in [3.8, 4) is 0 Å². The lowest BCUT2D eigenvalue weighted by atomic mass is 9.84. The number of nitrogens with one attached hydrogen (secondary N) is 1. The lowest BCUT2D eigenvalue weighted by molar-refractivity contribution is -0.145. The summed E-state index contributed by atoms with van der Waals surface area (Å²) in [5, 5.41) is 21.4. The summed E-state index contributed by atoms with van der Waals surface area (Å²) >= 11 is 0. The van der Waals surface area contributed by atoms with Gasteiger partial charge in [-0.2, -0.15) is 0 Å². The Bertz CT molecular complexity index is 776. The molecule has 1 amide bonds. The van der Waals surface area contributed by atoms with Crippen molar-refractivity contribution in [3.05, 3.63) is 71.8 Å². The number of aliphatic carboxylic acids is 2. The van der Waals surface area contributed by atoms with Crippen molar-refractivity contribution < 1.29 is 24.6 Å². The molecule has 142 valence electrons. The Kier molecular flexibility index (Phi) is 7.11. The van der Waals surface area contributed by atoms with Crippen molar-refractivity contribution >= 4 is 17.8 Å². The third-order valence-electron chi connectivity index (χ3n) is 4.44. The van der Waals surface area contributed by atoms with Gasteiger partial charge in [0.05, 0.1) is 0 Å². The van der Waals surface area contributed by atoms with Crippen LogP contribution in [0, 0.1) is 0 Å². The number of carboxylic acids is 2. The van der Waals surface area contributed by atoms with Crippen LogP contribution in [0.2, 0.25) is 0 Å². The van der Waals surface area contributed by atoms with Crippen molar-refractivity contribution in [2.75, 3.05) is 0 Å². The molecular formula is C21H23NO5. The summed E-state index contributed by atoms with van der Waals surface area (Å²) in [5.41, 5.74) is -0.706. The van der Waals surface area contributed by atoms with E-state index >= 15 is 0 Å². The molecule has 0 aliphatic rings. The number of rotatable bonds is 10. The lowest BCUT2D eigenvalue weighted by Crippen LogP contribution is -2.52. The highest BCUT2D eigenvalue weighted by Gasteiger charge is 2.41. The molecule has 2 rings (SSSR count). The topological polar surface area (TPSA) is 104 Å². The molecule has 0 spiro atoms. The molecule has 0 aliphatic carbocycles. The Morgan fingerprint density at radius 3 is 1.96 bits per heavy atom. The molecular weight excluding hydrogens is 346 g/mol. The number of amides is 1. The second-order valence-electron chi connectivity index (χ2n) is 6.35. The van der Waals surface area contributed by atoms with Gasteiger partial charge in [0, 0.05) is 12.0 Å². The van der Waals surface area contributed by atoms with Crippen LogP contribution in [0.25, 0.3) is 0 Å². The van der Waals surface area contributed by atoms with E-state index in [0.717, 1.165) is 0 Å². The highest BCUT2D eigenvalue weighted by molar-refractivity contribution is 5.98. The molecule has 0 aliphatic heterocycles. The summed E-state index contributed by atoms with van der Waals surface area (Å²) in [4.78, 5) is 35.6. The number of unbranched alkanes of at least 4 members (excludes halogenated alkanes) is 2. The van der Waals surface area contributed by atoms with E-state index in [4.69, 9.17) is 5.11 Å². The van der Waals surface area contributed by atoms with E-state index in [0.29, 0.717) is 30.4 Å². The first kappa shape index (κ1) is 20.2. The minimum absolute atomic E-state index is 0.0434. The van der Waals surface area contributed by atoms with Crippen molar-refractivity contribution in [1.29, 1.82) is 0 Å². The maximum absolute atomic E-state index is 12.7. The van der Waals surface area contributed by atoms with Crippen LogP contribution in [0.4, 0.5) is 0 Å². The SMILES string of the molecule is O=C(O)CCCCCC(NC(=O)c1ccccc1)(C(=O)O)c1ccccc1. The Morgan fingerprint density at radius 1 is 0.815 bits per heavy atom. The van der Waals surface area contributed by atoms with Gasteiger partial charge in [-0.25, -0.2) is 4.79 Å². The first-order valence-corrected chi connectivity index (χ1v) is 8.84. The summed E-state index contributed by atoms with van der Waals surface area (Å²) in [6.07, 6.45) is 1.72. The summed E-state index contributed by atoms with van der Waals surface area (Å²) in [7, 11) is 0. The van der Waals surface area contributed by atoms with Crippen LogP contribution in [0.3, 0.4) is 0 Å². The molecule has 0 saturated heterocycles. The summed E-state index contributed by atoms with van der Waals surface area (Å²) in [5.74, 6) is -2.48. The number of benzene rings is 2. The average molecular weight is 369 g/mol. The van der Waals surface area contributed by atoms with Crippen LogP contribution in [0.5, 0.6) is 0 Å². The molecule has 0 aromatic heterocycles. The third kappa shape index (κ3) is 5.41. The highest BCUT2D eigenvalue weighted by atomic mass is 16.4. The molecule has 1 atom stereocenters. The first-order valence-electron chi connectivity index (χ1n) is 8.84. The minimum Gasteiger partial charge on any atom is -0.481 e. The molecule has 6 nitrogen and oxygen atoms in total. The van der Waals surface area contributed by atoms with E-state index in [2.05, 4.69) is 5.32 Å². The molecule has 1 unspecified atom stereocenters. The monoisotopic (exact) mass is 369 g/mol. The van der Waals surface area contributed by atoms with Gasteiger partial charge in [0.1, 0.15) is 0 Å². The van der Waals surface area contributed by atoms with Crippen LogP contribution < -0.4 is 5.32 Å². The van der Waals surface area contributed by atoms with Crippen LogP contribution in [0.15, 0.2) is 60.7 Å². The number of carboxylic acid groups (broad SMARTS) is 2. The van der Waals surface area contributed by atoms with Crippen LogP contribution >= 0.6 is 0 Å². The van der Waals surface area contributed by atoms with Gasteiger partial charge in [0.25, 0.3) is 5.91 Å². The fraction of sp³-hybridized carbons (Fsp3) is 0.286. The van der Waals surface area contributed by atoms with Crippen molar-refractivity contribution in [1.82, 2.24) is 5.32 Å². The number of carbonyl (C=O) groups excluding carboxylic acids is 1. The molecule has 27 heavy (non-hydrogen) atoms. The second-order valence-corrected chi connectivity index (χ2v) is 6.35. The van der Waals surface area contributed by atoms with E-state index in [1.165, 1.54) is 0 Å². The molecule has 2 aromatic rings. The predicted octanol–water partition coefficient (Wildman–Crippen LogP) is 3.43. The van der Waals surface area contributed by atoms with E-state index in [-0.39, 0.29) is 12.8 Å². The summed E-state index contributed by atoms with van der Waals surface area (Å²) in [6, 6.07) is 17.0. The standard InChI is InChI=1S/C21H23NO5/c23-18(24)14-8-3-9-15-21(20(26)27,17-12-6-2-7-13-17)22-19(25)16-10-4-1-5-11-16/h1-2,4-7,10-13H,3,8-9,14-15H2,(H,22,25)(H,23,24)(H,26,27). The Balaban J connectivity index is 2.24. The van der Waals surface area contributed by atoms with Crippen LogP contribution in [-0.2, 0) is 15.1 Å². The maximum atomic E-state index is 12.7. The van der Waals surface area contributed by atoms with Crippen molar-refractivity contribution in [3.63, 3.8) is 0 Å². The van der Waals surface area contributed by atoms with Gasteiger partial charge in [-0.1, -0.05) is 61.4 Å². The normalized spacial score (nSPS) is 12.7. The highest BCUT2D eigenvalue weighted by Crippen LogP contribution is 2.29. The third-order valence-corrected chi connectivity index (χ3v) is 4.44. The van der Waals surface area contributed by atoms with Gasteiger partial charge in [-0.05, 0) is 30.5 Å². The van der Waals surface area contributed by atoms with E-state index in [1.807, 2.05) is 0 Å².